The zero-order chi connectivity index (χ0) is 25.9. The summed E-state index contributed by atoms with van der Waals surface area (Å²) in [5.41, 5.74) is -0.305. The highest BCUT2D eigenvalue weighted by atomic mass is 19.1. The Labute approximate surface area is 207 Å². The van der Waals surface area contributed by atoms with E-state index in [2.05, 4.69) is 16.4 Å². The zero-order valence-electron chi connectivity index (χ0n) is 19.7. The SMILES string of the molecule is CC(=O)NC[C@H]1CN(c2ccc(N3CCC(C#N)(N(N)C(=O)c4cccnc4)CC3)c(F)c2)C(=O)O1. The van der Waals surface area contributed by atoms with E-state index in [4.69, 9.17) is 10.6 Å². The molecular weight excluding hydrogens is 469 g/mol. The number of nitrogens with zero attached hydrogens (tertiary/aromatic N) is 5. The van der Waals surface area contributed by atoms with E-state index in [1.54, 1.807) is 29.2 Å². The Hall–Kier alpha value is -4.24. The molecule has 4 rings (SSSR count). The van der Waals surface area contributed by atoms with Crippen molar-refractivity contribution in [2.45, 2.75) is 31.4 Å². The second-order valence-corrected chi connectivity index (χ2v) is 8.74. The predicted molar refractivity (Wildman–Crippen MR) is 127 cm³/mol. The number of rotatable bonds is 6. The summed E-state index contributed by atoms with van der Waals surface area (Å²) in [6.45, 7) is 2.32. The number of carbonyl (C=O) groups excluding carboxylic acids is 3. The van der Waals surface area contributed by atoms with E-state index >= 15 is 4.39 Å². The lowest BCUT2D eigenvalue weighted by Gasteiger charge is -2.42. The van der Waals surface area contributed by atoms with Crippen molar-refractivity contribution < 1.29 is 23.5 Å². The van der Waals surface area contributed by atoms with Crippen LogP contribution in [0.2, 0.25) is 0 Å². The molecule has 3 heterocycles. The van der Waals surface area contributed by atoms with Crippen LogP contribution in [0.1, 0.15) is 30.1 Å². The van der Waals surface area contributed by atoms with Gasteiger partial charge in [0.05, 0.1) is 36.1 Å². The Morgan fingerprint density at radius 2 is 2.11 bits per heavy atom. The molecule has 2 saturated heterocycles. The first-order valence-electron chi connectivity index (χ1n) is 11.4. The molecule has 188 valence electrons. The van der Waals surface area contributed by atoms with E-state index in [-0.39, 0.29) is 37.4 Å². The van der Waals surface area contributed by atoms with Gasteiger partial charge in [-0.15, -0.1) is 0 Å². The summed E-state index contributed by atoms with van der Waals surface area (Å²) < 4.78 is 20.3. The molecule has 1 atom stereocenters. The van der Waals surface area contributed by atoms with Crippen molar-refractivity contribution in [3.63, 3.8) is 0 Å². The van der Waals surface area contributed by atoms with Gasteiger partial charge < -0.3 is 15.0 Å². The van der Waals surface area contributed by atoms with Gasteiger partial charge in [0, 0.05) is 45.2 Å². The molecule has 3 amide bonds. The van der Waals surface area contributed by atoms with Gasteiger partial charge in [0.25, 0.3) is 5.91 Å². The van der Waals surface area contributed by atoms with E-state index in [0.29, 0.717) is 24.5 Å². The fraction of sp³-hybridized carbons (Fsp3) is 0.375. The van der Waals surface area contributed by atoms with Gasteiger partial charge >= 0.3 is 6.09 Å². The van der Waals surface area contributed by atoms with E-state index in [0.717, 1.165) is 5.01 Å². The average Bonchev–Trinajstić information content (AvgIpc) is 3.27. The van der Waals surface area contributed by atoms with Crippen LogP contribution in [0.4, 0.5) is 20.6 Å². The Morgan fingerprint density at radius 3 is 2.72 bits per heavy atom. The summed E-state index contributed by atoms with van der Waals surface area (Å²) in [5, 5.41) is 13.4. The minimum atomic E-state index is -1.23. The fourth-order valence-corrected chi connectivity index (χ4v) is 4.36. The molecule has 3 N–H and O–H groups in total. The van der Waals surface area contributed by atoms with E-state index in [1.165, 1.54) is 30.3 Å². The largest absolute Gasteiger partial charge is 0.442 e. The first-order chi connectivity index (χ1) is 17.2. The van der Waals surface area contributed by atoms with Crippen molar-refractivity contribution in [3.8, 4) is 6.07 Å². The molecule has 0 aliphatic carbocycles. The van der Waals surface area contributed by atoms with Gasteiger partial charge in [-0.1, -0.05) is 0 Å². The number of anilines is 2. The van der Waals surface area contributed by atoms with Gasteiger partial charge in [-0.2, -0.15) is 5.26 Å². The van der Waals surface area contributed by atoms with Crippen LogP contribution in [-0.2, 0) is 9.53 Å². The quantitative estimate of drug-likeness (QED) is 0.349. The number of aromatic nitrogens is 1. The molecule has 1 aromatic carbocycles. The van der Waals surface area contributed by atoms with Crippen LogP contribution < -0.4 is 21.0 Å². The molecule has 36 heavy (non-hydrogen) atoms. The number of benzene rings is 1. The number of carbonyl (C=O) groups is 3. The Balaban J connectivity index is 1.42. The predicted octanol–water partition coefficient (Wildman–Crippen LogP) is 1.56. The Morgan fingerprint density at radius 1 is 1.36 bits per heavy atom. The lowest BCUT2D eigenvalue weighted by Crippen LogP contribution is -2.60. The lowest BCUT2D eigenvalue weighted by molar-refractivity contribution is -0.119. The molecule has 0 saturated carbocycles. The van der Waals surface area contributed by atoms with Crippen molar-refractivity contribution in [2.75, 3.05) is 36.0 Å². The smallest absolute Gasteiger partial charge is 0.414 e. The number of nitriles is 1. The molecule has 0 bridgehead atoms. The van der Waals surface area contributed by atoms with Gasteiger partial charge in [0.2, 0.25) is 5.91 Å². The first-order valence-corrected chi connectivity index (χ1v) is 11.4. The zero-order valence-corrected chi connectivity index (χ0v) is 19.7. The number of halogens is 1. The third-order valence-corrected chi connectivity index (χ3v) is 6.42. The highest BCUT2D eigenvalue weighted by molar-refractivity contribution is 5.94. The molecule has 0 unspecified atom stereocenters. The summed E-state index contributed by atoms with van der Waals surface area (Å²) in [4.78, 5) is 43.1. The van der Waals surface area contributed by atoms with Crippen molar-refractivity contribution in [1.29, 1.82) is 5.26 Å². The average molecular weight is 496 g/mol. The fourth-order valence-electron chi connectivity index (χ4n) is 4.36. The number of hydrogen-bond donors (Lipinski definition) is 2. The summed E-state index contributed by atoms with van der Waals surface area (Å²) in [7, 11) is 0. The molecule has 12 heteroatoms. The van der Waals surface area contributed by atoms with Gasteiger partial charge in [-0.05, 0) is 30.3 Å². The molecule has 2 aliphatic heterocycles. The van der Waals surface area contributed by atoms with Gasteiger partial charge in [0.15, 0.2) is 0 Å². The summed E-state index contributed by atoms with van der Waals surface area (Å²) in [6, 6.07) is 9.81. The number of cyclic esters (lactones) is 1. The molecule has 2 aromatic rings. The molecule has 2 fully saturated rings. The highest BCUT2D eigenvalue weighted by Gasteiger charge is 2.42. The van der Waals surface area contributed by atoms with Crippen LogP contribution in [0.15, 0.2) is 42.7 Å². The molecule has 0 spiro atoms. The van der Waals surface area contributed by atoms with Crippen LogP contribution in [0, 0.1) is 17.1 Å². The molecular formula is C24H26FN7O4. The normalized spacial score (nSPS) is 18.8. The third kappa shape index (κ3) is 4.92. The number of pyridine rings is 1. The molecule has 1 aromatic heterocycles. The minimum Gasteiger partial charge on any atom is -0.442 e. The summed E-state index contributed by atoms with van der Waals surface area (Å²) in [6.07, 6.45) is 2.21. The number of nitrogens with two attached hydrogens (primary N) is 1. The van der Waals surface area contributed by atoms with Crippen molar-refractivity contribution >= 4 is 29.3 Å². The molecule has 2 aliphatic rings. The van der Waals surface area contributed by atoms with E-state index < -0.39 is 29.5 Å². The number of nitrogens with one attached hydrogen (secondary N) is 1. The Kier molecular flexibility index (Phi) is 7.03. The van der Waals surface area contributed by atoms with Crippen LogP contribution >= 0.6 is 0 Å². The molecule has 0 radical (unpaired) electrons. The number of piperidine rings is 1. The number of hydrogen-bond acceptors (Lipinski definition) is 8. The highest BCUT2D eigenvalue weighted by Crippen LogP contribution is 2.33. The van der Waals surface area contributed by atoms with Crippen LogP contribution in [0.3, 0.4) is 0 Å². The van der Waals surface area contributed by atoms with E-state index in [1.807, 2.05) is 0 Å². The van der Waals surface area contributed by atoms with Crippen molar-refractivity contribution in [2.24, 2.45) is 5.84 Å². The van der Waals surface area contributed by atoms with Gasteiger partial charge in [-0.25, -0.2) is 15.0 Å². The standard InChI is InChI=1S/C24H26FN7O4/c1-16(33)29-13-19-14-31(23(35)36-19)18-4-5-21(20(25)11-18)30-9-6-24(15-26,7-10-30)32(27)22(34)17-3-2-8-28-12-17/h2-5,8,11-12,19H,6-7,9-10,13-14,27H2,1H3,(H,29,33)/t19-/m0/s1. The maximum absolute atomic E-state index is 15.1. The number of amides is 3. The van der Waals surface area contributed by atoms with Crippen LogP contribution in [0.5, 0.6) is 0 Å². The van der Waals surface area contributed by atoms with E-state index in [9.17, 15) is 19.6 Å². The maximum Gasteiger partial charge on any atom is 0.414 e. The Bertz CT molecular complexity index is 1190. The maximum atomic E-state index is 15.1. The third-order valence-electron chi connectivity index (χ3n) is 6.42. The topological polar surface area (TPSA) is 145 Å². The van der Waals surface area contributed by atoms with Gasteiger partial charge in [-0.3, -0.25) is 24.5 Å². The number of hydrazine groups is 1. The second-order valence-electron chi connectivity index (χ2n) is 8.74. The van der Waals surface area contributed by atoms with Crippen LogP contribution in [-0.4, -0.2) is 65.7 Å². The van der Waals surface area contributed by atoms with Crippen molar-refractivity contribution in [1.82, 2.24) is 15.3 Å². The van der Waals surface area contributed by atoms with Crippen LogP contribution in [0.25, 0.3) is 0 Å². The minimum absolute atomic E-state index is 0.175. The molecule has 11 nitrogen and oxygen atoms in total. The monoisotopic (exact) mass is 495 g/mol. The first kappa shape index (κ1) is 24.9. The second kappa shape index (κ2) is 10.2. The summed E-state index contributed by atoms with van der Waals surface area (Å²) in [5.74, 6) is 4.82. The van der Waals surface area contributed by atoms with Gasteiger partial charge in [0.1, 0.15) is 17.5 Å². The lowest BCUT2D eigenvalue weighted by atomic mass is 9.87. The number of ether oxygens (including phenoxy) is 1. The van der Waals surface area contributed by atoms with Crippen molar-refractivity contribution in [3.05, 3.63) is 54.1 Å². The summed E-state index contributed by atoms with van der Waals surface area (Å²) >= 11 is 0.